The number of hydrazone groups is 1. The van der Waals surface area contributed by atoms with Crippen LogP contribution in [0.25, 0.3) is 5.69 Å². The van der Waals surface area contributed by atoms with Gasteiger partial charge in [0.05, 0.1) is 24.7 Å². The van der Waals surface area contributed by atoms with Crippen LogP contribution in [0, 0.1) is 0 Å². The van der Waals surface area contributed by atoms with E-state index in [9.17, 15) is 15.0 Å². The van der Waals surface area contributed by atoms with E-state index in [1.807, 2.05) is 25.1 Å². The maximum atomic E-state index is 12.2. The third kappa shape index (κ3) is 4.24. The molecule has 3 rings (SSSR count). The van der Waals surface area contributed by atoms with Crippen molar-refractivity contribution in [1.82, 2.24) is 15.2 Å². The minimum Gasteiger partial charge on any atom is -0.507 e. The minimum atomic E-state index is -0.677. The highest BCUT2D eigenvalue weighted by Crippen LogP contribution is 2.22. The molecular weight excluding hydrogens is 348 g/mol. The molecule has 0 unspecified atom stereocenters. The van der Waals surface area contributed by atoms with Crippen LogP contribution < -0.4 is 10.2 Å². The fourth-order valence-electron chi connectivity index (χ4n) is 2.34. The summed E-state index contributed by atoms with van der Waals surface area (Å²) < 4.78 is 6.68. The molecule has 1 aromatic heterocycles. The second-order valence-electron chi connectivity index (χ2n) is 5.50. The number of carbonyl (C=O) groups excluding carboxylic acids is 1. The van der Waals surface area contributed by atoms with Gasteiger partial charge >= 0.3 is 0 Å². The van der Waals surface area contributed by atoms with Gasteiger partial charge < -0.3 is 14.9 Å². The maximum Gasteiger partial charge on any atom is 0.295 e. The van der Waals surface area contributed by atoms with E-state index in [-0.39, 0.29) is 17.2 Å². The van der Waals surface area contributed by atoms with Gasteiger partial charge in [0.25, 0.3) is 5.91 Å². The summed E-state index contributed by atoms with van der Waals surface area (Å²) in [5, 5.41) is 27.8. The molecule has 3 N–H and O–H groups in total. The Morgan fingerprint density at radius 2 is 2.00 bits per heavy atom. The lowest BCUT2D eigenvalue weighted by Gasteiger charge is -2.04. The molecule has 3 aromatic rings. The van der Waals surface area contributed by atoms with Gasteiger partial charge in [0.2, 0.25) is 0 Å². The Balaban J connectivity index is 1.69. The number of rotatable bonds is 6. The number of amides is 1. The Morgan fingerprint density at radius 3 is 2.70 bits per heavy atom. The molecule has 0 fully saturated rings. The van der Waals surface area contributed by atoms with Gasteiger partial charge in [-0.05, 0) is 31.2 Å². The summed E-state index contributed by atoms with van der Waals surface area (Å²) in [7, 11) is 0. The summed E-state index contributed by atoms with van der Waals surface area (Å²) in [5.41, 5.74) is 3.22. The first-order valence-corrected chi connectivity index (χ1v) is 8.21. The number of carbonyl (C=O) groups is 1. The number of hydrogen-bond donors (Lipinski definition) is 3. The van der Waals surface area contributed by atoms with E-state index in [1.54, 1.807) is 24.3 Å². The van der Waals surface area contributed by atoms with Crippen LogP contribution >= 0.6 is 0 Å². The van der Waals surface area contributed by atoms with E-state index in [0.717, 1.165) is 0 Å². The largest absolute Gasteiger partial charge is 0.507 e. The van der Waals surface area contributed by atoms with E-state index in [1.165, 1.54) is 23.2 Å². The molecule has 0 spiro atoms. The van der Waals surface area contributed by atoms with Crippen molar-refractivity contribution in [1.29, 1.82) is 0 Å². The van der Waals surface area contributed by atoms with Gasteiger partial charge in [-0.1, -0.05) is 18.2 Å². The normalized spacial score (nSPS) is 10.9. The Hall–Kier alpha value is -3.81. The average molecular weight is 366 g/mol. The van der Waals surface area contributed by atoms with Crippen molar-refractivity contribution in [3.8, 4) is 22.9 Å². The van der Waals surface area contributed by atoms with Crippen LogP contribution in [-0.2, 0) is 0 Å². The van der Waals surface area contributed by atoms with Crippen LogP contribution in [0.2, 0.25) is 0 Å². The SMILES string of the molecule is CCOc1ccc(C=NNC(=O)c2nn(-c3ccccc3)cc2O)c(O)c1. The Labute approximate surface area is 155 Å². The van der Waals surface area contributed by atoms with E-state index in [2.05, 4.69) is 15.6 Å². The Morgan fingerprint density at radius 1 is 1.22 bits per heavy atom. The molecular formula is C19H18N4O4. The molecule has 0 radical (unpaired) electrons. The molecule has 8 nitrogen and oxygen atoms in total. The number of ether oxygens (including phenoxy) is 1. The van der Waals surface area contributed by atoms with Gasteiger partial charge in [-0.15, -0.1) is 0 Å². The number of para-hydroxylation sites is 1. The van der Waals surface area contributed by atoms with Gasteiger partial charge in [-0.3, -0.25) is 4.79 Å². The molecule has 0 saturated carbocycles. The summed E-state index contributed by atoms with van der Waals surface area (Å²) in [5.74, 6) is -0.443. The second-order valence-corrected chi connectivity index (χ2v) is 5.50. The topological polar surface area (TPSA) is 109 Å². The molecule has 1 heterocycles. The summed E-state index contributed by atoms with van der Waals surface area (Å²) in [6, 6.07) is 13.8. The predicted molar refractivity (Wildman–Crippen MR) is 99.6 cm³/mol. The van der Waals surface area contributed by atoms with Crippen molar-refractivity contribution in [3.63, 3.8) is 0 Å². The average Bonchev–Trinajstić information content (AvgIpc) is 3.06. The molecule has 0 saturated heterocycles. The fraction of sp³-hybridized carbons (Fsp3) is 0.105. The summed E-state index contributed by atoms with van der Waals surface area (Å²) in [6.07, 6.45) is 2.63. The van der Waals surface area contributed by atoms with Crippen LogP contribution in [0.3, 0.4) is 0 Å². The summed E-state index contributed by atoms with van der Waals surface area (Å²) in [6.45, 7) is 2.33. The molecule has 0 aliphatic rings. The third-order valence-corrected chi connectivity index (χ3v) is 3.61. The number of aromatic nitrogens is 2. The fourth-order valence-corrected chi connectivity index (χ4v) is 2.34. The Kier molecular flexibility index (Phi) is 5.36. The highest BCUT2D eigenvalue weighted by molar-refractivity contribution is 5.95. The summed E-state index contributed by atoms with van der Waals surface area (Å²) >= 11 is 0. The van der Waals surface area contributed by atoms with Crippen LogP contribution in [-0.4, -0.2) is 38.7 Å². The Bertz CT molecular complexity index is 967. The first-order valence-electron chi connectivity index (χ1n) is 8.21. The van der Waals surface area contributed by atoms with Crippen molar-refractivity contribution < 1.29 is 19.7 Å². The van der Waals surface area contributed by atoms with E-state index in [0.29, 0.717) is 23.6 Å². The molecule has 27 heavy (non-hydrogen) atoms. The first-order chi connectivity index (χ1) is 13.1. The number of benzene rings is 2. The minimum absolute atomic E-state index is 0.0323. The van der Waals surface area contributed by atoms with Crippen molar-refractivity contribution in [2.45, 2.75) is 6.92 Å². The smallest absolute Gasteiger partial charge is 0.295 e. The molecule has 0 aliphatic heterocycles. The number of aromatic hydroxyl groups is 2. The van der Waals surface area contributed by atoms with Crippen molar-refractivity contribution in [3.05, 3.63) is 66.0 Å². The zero-order valence-electron chi connectivity index (χ0n) is 14.5. The highest BCUT2D eigenvalue weighted by Gasteiger charge is 2.16. The van der Waals surface area contributed by atoms with Crippen LogP contribution in [0.15, 0.2) is 59.8 Å². The standard InChI is InChI=1S/C19H18N4O4/c1-2-27-15-9-8-13(16(24)10-15)11-20-21-19(26)18-17(25)12-23(22-18)14-6-4-3-5-7-14/h3-12,24-25H,2H2,1H3,(H,21,26). The molecule has 1 amide bonds. The monoisotopic (exact) mass is 366 g/mol. The lowest BCUT2D eigenvalue weighted by Crippen LogP contribution is -2.18. The van der Waals surface area contributed by atoms with Gasteiger partial charge in [-0.25, -0.2) is 10.1 Å². The van der Waals surface area contributed by atoms with Crippen LogP contribution in [0.1, 0.15) is 23.0 Å². The molecule has 0 atom stereocenters. The van der Waals surface area contributed by atoms with Crippen molar-refractivity contribution in [2.75, 3.05) is 6.61 Å². The van der Waals surface area contributed by atoms with Crippen LogP contribution in [0.4, 0.5) is 0 Å². The van der Waals surface area contributed by atoms with Gasteiger partial charge in [0.15, 0.2) is 11.4 Å². The highest BCUT2D eigenvalue weighted by atomic mass is 16.5. The number of hydrogen-bond acceptors (Lipinski definition) is 6. The van der Waals surface area contributed by atoms with Gasteiger partial charge in [-0.2, -0.15) is 10.2 Å². The zero-order chi connectivity index (χ0) is 19.2. The predicted octanol–water partition coefficient (Wildman–Crippen LogP) is 2.45. The van der Waals surface area contributed by atoms with Crippen molar-refractivity contribution in [2.24, 2.45) is 5.10 Å². The number of phenols is 1. The van der Waals surface area contributed by atoms with E-state index in [4.69, 9.17) is 4.74 Å². The third-order valence-electron chi connectivity index (χ3n) is 3.61. The lowest BCUT2D eigenvalue weighted by atomic mass is 10.2. The second kappa shape index (κ2) is 8.05. The quantitative estimate of drug-likeness (QED) is 0.459. The van der Waals surface area contributed by atoms with Crippen LogP contribution in [0.5, 0.6) is 17.2 Å². The molecule has 8 heteroatoms. The molecule has 0 aliphatic carbocycles. The number of nitrogens with zero attached hydrogens (tertiary/aromatic N) is 3. The van der Waals surface area contributed by atoms with E-state index < -0.39 is 5.91 Å². The molecule has 2 aromatic carbocycles. The van der Waals surface area contributed by atoms with Crippen molar-refractivity contribution >= 4 is 12.1 Å². The van der Waals surface area contributed by atoms with Gasteiger partial charge in [0.1, 0.15) is 11.5 Å². The summed E-state index contributed by atoms with van der Waals surface area (Å²) in [4.78, 5) is 12.2. The molecule has 0 bridgehead atoms. The number of nitrogens with one attached hydrogen (secondary N) is 1. The molecule has 138 valence electrons. The first kappa shape index (κ1) is 18.0. The van der Waals surface area contributed by atoms with Gasteiger partial charge in [0, 0.05) is 11.6 Å². The van der Waals surface area contributed by atoms with E-state index >= 15 is 0 Å². The zero-order valence-corrected chi connectivity index (χ0v) is 14.5. The maximum absolute atomic E-state index is 12.2. The number of phenolic OH excluding ortho intramolecular Hbond substituents is 1. The lowest BCUT2D eigenvalue weighted by molar-refractivity contribution is 0.0947.